The van der Waals surface area contributed by atoms with Crippen LogP contribution in [-0.2, 0) is 4.79 Å². The Labute approximate surface area is 128 Å². The Morgan fingerprint density at radius 1 is 1.23 bits per heavy atom. The smallest absolute Gasteiger partial charge is 0.290 e. The largest absolute Gasteiger partial charge is 0.317 e. The van der Waals surface area contributed by atoms with E-state index >= 15 is 0 Å². The van der Waals surface area contributed by atoms with Gasteiger partial charge in [-0.25, -0.2) is 0 Å². The van der Waals surface area contributed by atoms with Gasteiger partial charge >= 0.3 is 0 Å². The van der Waals surface area contributed by atoms with Gasteiger partial charge in [0.05, 0.1) is 15.5 Å². The fourth-order valence-corrected chi connectivity index (χ4v) is 2.73. The van der Waals surface area contributed by atoms with E-state index in [2.05, 4.69) is 5.32 Å². The topological polar surface area (TPSA) is 94.2 Å². The molecule has 0 bridgehead atoms. The van der Waals surface area contributed by atoms with Gasteiger partial charge in [0, 0.05) is 24.0 Å². The van der Waals surface area contributed by atoms with Gasteiger partial charge in [-0.1, -0.05) is 6.07 Å². The van der Waals surface area contributed by atoms with E-state index in [-0.39, 0.29) is 10.6 Å². The number of hydrogen-bond donors (Lipinski definition) is 1. The normalized spacial score (nSPS) is 16.1. The molecule has 22 heavy (non-hydrogen) atoms. The number of amides is 2. The number of rotatable bonds is 3. The van der Waals surface area contributed by atoms with Gasteiger partial charge in [0.25, 0.3) is 16.8 Å². The molecule has 0 spiro atoms. The third-order valence-corrected chi connectivity index (χ3v) is 3.83. The Kier molecular flexibility index (Phi) is 3.51. The van der Waals surface area contributed by atoms with Crippen LogP contribution in [0.1, 0.15) is 5.69 Å². The van der Waals surface area contributed by atoms with Gasteiger partial charge in [-0.05, 0) is 36.0 Å². The summed E-state index contributed by atoms with van der Waals surface area (Å²) < 4.78 is 1.70. The number of carbonyl (C=O) groups is 2. The first-order valence-electron chi connectivity index (χ1n) is 6.21. The summed E-state index contributed by atoms with van der Waals surface area (Å²) in [5.74, 6) is -0.443. The van der Waals surface area contributed by atoms with Crippen molar-refractivity contribution in [3.05, 3.63) is 63.3 Å². The second-order valence-corrected chi connectivity index (χ2v) is 5.45. The molecule has 0 saturated carbocycles. The Hall–Kier alpha value is -2.87. The lowest BCUT2D eigenvalue weighted by Crippen LogP contribution is -2.17. The second kappa shape index (κ2) is 5.49. The maximum Gasteiger partial charge on any atom is 0.290 e. The van der Waals surface area contributed by atoms with Crippen LogP contribution in [0.25, 0.3) is 11.8 Å². The molecule has 2 heterocycles. The van der Waals surface area contributed by atoms with Crippen LogP contribution in [0.4, 0.5) is 10.5 Å². The molecule has 1 aliphatic rings. The fraction of sp³-hybridized carbons (Fsp3) is 0. The predicted octanol–water partition coefficient (Wildman–Crippen LogP) is 2.71. The number of non-ortho nitro benzene ring substituents is 1. The van der Waals surface area contributed by atoms with E-state index in [0.29, 0.717) is 11.4 Å². The molecule has 0 unspecified atom stereocenters. The van der Waals surface area contributed by atoms with E-state index < -0.39 is 16.1 Å². The molecule has 7 nitrogen and oxygen atoms in total. The van der Waals surface area contributed by atoms with E-state index in [1.54, 1.807) is 41.1 Å². The van der Waals surface area contributed by atoms with Gasteiger partial charge < -0.3 is 4.57 Å². The molecule has 1 aromatic carbocycles. The molecule has 1 N–H and O–H groups in total. The van der Waals surface area contributed by atoms with Crippen molar-refractivity contribution in [2.45, 2.75) is 0 Å². The summed E-state index contributed by atoms with van der Waals surface area (Å²) in [6.07, 6.45) is 3.30. The van der Waals surface area contributed by atoms with Crippen LogP contribution in [0.15, 0.2) is 47.5 Å². The van der Waals surface area contributed by atoms with E-state index in [9.17, 15) is 19.7 Å². The maximum atomic E-state index is 11.6. The van der Waals surface area contributed by atoms with Gasteiger partial charge in [0.1, 0.15) is 0 Å². The number of benzene rings is 1. The predicted molar refractivity (Wildman–Crippen MR) is 81.5 cm³/mol. The van der Waals surface area contributed by atoms with Crippen LogP contribution in [0.5, 0.6) is 0 Å². The highest BCUT2D eigenvalue weighted by molar-refractivity contribution is 8.18. The summed E-state index contributed by atoms with van der Waals surface area (Å²) in [5.41, 5.74) is 1.22. The average Bonchev–Trinajstić information content (AvgIpc) is 3.06. The zero-order valence-corrected chi connectivity index (χ0v) is 11.9. The SMILES string of the molecule is O=C1NC(=O)/C(=C\c2cccn2-c2cccc([N+](=O)[O-])c2)S1. The minimum Gasteiger partial charge on any atom is -0.317 e. The number of hydrogen-bond acceptors (Lipinski definition) is 5. The van der Waals surface area contributed by atoms with Gasteiger partial charge in [-0.2, -0.15) is 0 Å². The summed E-state index contributed by atoms with van der Waals surface area (Å²) >= 11 is 0.824. The Morgan fingerprint density at radius 3 is 2.73 bits per heavy atom. The number of aromatic nitrogens is 1. The van der Waals surface area contributed by atoms with Crippen LogP contribution < -0.4 is 5.32 Å². The molecule has 1 fully saturated rings. The summed E-state index contributed by atoms with van der Waals surface area (Å²) in [7, 11) is 0. The van der Waals surface area contributed by atoms with Crippen LogP contribution in [0, 0.1) is 10.1 Å². The highest BCUT2D eigenvalue weighted by Gasteiger charge is 2.25. The quantitative estimate of drug-likeness (QED) is 0.534. The number of nitrogens with one attached hydrogen (secondary N) is 1. The minimum absolute atomic E-state index is 0.0204. The van der Waals surface area contributed by atoms with E-state index in [4.69, 9.17) is 0 Å². The fourth-order valence-electron chi connectivity index (χ4n) is 2.06. The highest BCUT2D eigenvalue weighted by Crippen LogP contribution is 2.27. The minimum atomic E-state index is -0.468. The van der Waals surface area contributed by atoms with Gasteiger partial charge in [-0.3, -0.25) is 25.0 Å². The Morgan fingerprint density at radius 2 is 2.05 bits per heavy atom. The van der Waals surface area contributed by atoms with Gasteiger partial charge in [0.15, 0.2) is 0 Å². The molecule has 1 aliphatic heterocycles. The molecule has 1 aromatic heterocycles. The van der Waals surface area contributed by atoms with Crippen molar-refractivity contribution in [2.24, 2.45) is 0 Å². The Bertz CT molecular complexity index is 825. The molecule has 0 radical (unpaired) electrons. The van der Waals surface area contributed by atoms with Crippen LogP contribution >= 0.6 is 11.8 Å². The molecule has 8 heteroatoms. The lowest BCUT2D eigenvalue weighted by atomic mass is 10.2. The lowest BCUT2D eigenvalue weighted by molar-refractivity contribution is -0.384. The summed E-state index contributed by atoms with van der Waals surface area (Å²) in [4.78, 5) is 33.4. The standard InChI is InChI=1S/C14H9N3O4S/c18-13-12(22-14(19)15-13)8-10-5-2-6-16(10)9-3-1-4-11(7-9)17(20)21/h1-8H,(H,15,18,19)/b12-8+. The van der Waals surface area contributed by atoms with Crippen molar-refractivity contribution < 1.29 is 14.5 Å². The highest BCUT2D eigenvalue weighted by atomic mass is 32.2. The zero-order chi connectivity index (χ0) is 15.7. The third-order valence-electron chi connectivity index (χ3n) is 3.02. The second-order valence-electron chi connectivity index (χ2n) is 4.43. The van der Waals surface area contributed by atoms with Crippen LogP contribution in [0.2, 0.25) is 0 Å². The molecule has 110 valence electrons. The summed E-state index contributed by atoms with van der Waals surface area (Å²) in [5, 5.41) is 12.6. The maximum absolute atomic E-state index is 11.6. The lowest BCUT2D eigenvalue weighted by Gasteiger charge is -2.06. The van der Waals surface area contributed by atoms with E-state index in [1.807, 2.05) is 0 Å². The molecule has 3 rings (SSSR count). The number of nitrogens with zero attached hydrogens (tertiary/aromatic N) is 2. The van der Waals surface area contributed by atoms with Crippen LogP contribution in [-0.4, -0.2) is 20.6 Å². The molecular weight excluding hydrogens is 306 g/mol. The first-order chi connectivity index (χ1) is 10.5. The monoisotopic (exact) mass is 315 g/mol. The number of carbonyl (C=O) groups excluding carboxylic acids is 2. The number of thioether (sulfide) groups is 1. The van der Waals surface area contributed by atoms with Crippen molar-refractivity contribution in [2.75, 3.05) is 0 Å². The van der Waals surface area contributed by atoms with E-state index in [0.717, 1.165) is 11.8 Å². The van der Waals surface area contributed by atoms with Gasteiger partial charge in [0.2, 0.25) is 0 Å². The Balaban J connectivity index is 2.01. The van der Waals surface area contributed by atoms with Crippen molar-refractivity contribution in [1.29, 1.82) is 0 Å². The first-order valence-corrected chi connectivity index (χ1v) is 7.03. The molecule has 1 saturated heterocycles. The van der Waals surface area contributed by atoms with E-state index in [1.165, 1.54) is 12.1 Å². The zero-order valence-electron chi connectivity index (χ0n) is 11.1. The molecule has 2 amide bonds. The molecule has 0 aliphatic carbocycles. The number of nitro groups is 1. The van der Waals surface area contributed by atoms with Crippen molar-refractivity contribution >= 4 is 34.7 Å². The molecule has 0 atom stereocenters. The average molecular weight is 315 g/mol. The number of nitro benzene ring substituents is 1. The summed E-state index contributed by atoms with van der Waals surface area (Å²) in [6, 6.07) is 9.67. The molecular formula is C14H9N3O4S. The number of imide groups is 1. The first kappa shape index (κ1) is 14.1. The summed E-state index contributed by atoms with van der Waals surface area (Å²) in [6.45, 7) is 0. The van der Waals surface area contributed by atoms with Gasteiger partial charge in [-0.15, -0.1) is 0 Å². The van der Waals surface area contributed by atoms with Crippen LogP contribution in [0.3, 0.4) is 0 Å². The third kappa shape index (κ3) is 2.63. The van der Waals surface area contributed by atoms with Crippen molar-refractivity contribution in [1.82, 2.24) is 9.88 Å². The van der Waals surface area contributed by atoms with Crippen molar-refractivity contribution in [3.63, 3.8) is 0 Å². The molecule has 2 aromatic rings. The van der Waals surface area contributed by atoms with Crippen molar-refractivity contribution in [3.8, 4) is 5.69 Å².